The number of carbonyl (C=O) groups is 1. The summed E-state index contributed by atoms with van der Waals surface area (Å²) in [7, 11) is 1.68. The van der Waals surface area contributed by atoms with Crippen LogP contribution < -0.4 is 20.7 Å². The Morgan fingerprint density at radius 2 is 1.59 bits per heavy atom. The molecule has 0 aromatic heterocycles. The molecule has 2 atom stereocenters. The third-order valence-electron chi connectivity index (χ3n) is 8.01. The minimum Gasteiger partial charge on any atom is -0.497 e. The van der Waals surface area contributed by atoms with Gasteiger partial charge >= 0.3 is 0 Å². The Hall–Kier alpha value is -2.40. The number of benzene rings is 2. The van der Waals surface area contributed by atoms with E-state index in [0.717, 1.165) is 48.4 Å². The molecule has 1 amide bonds. The lowest BCUT2D eigenvalue weighted by Crippen LogP contribution is -2.56. The predicted molar refractivity (Wildman–Crippen MR) is 138 cm³/mol. The highest BCUT2D eigenvalue weighted by Crippen LogP contribution is 2.49. The second kappa shape index (κ2) is 10.1. The number of hydrogen-bond donors (Lipinski definition) is 3. The molecular weight excluding hydrogens is 446 g/mol. The van der Waals surface area contributed by atoms with Crippen molar-refractivity contribution in [1.29, 1.82) is 0 Å². The van der Waals surface area contributed by atoms with Crippen LogP contribution >= 0.6 is 11.6 Å². The van der Waals surface area contributed by atoms with Gasteiger partial charge in [0.15, 0.2) is 0 Å². The van der Waals surface area contributed by atoms with Gasteiger partial charge in [-0.15, -0.1) is 0 Å². The zero-order chi connectivity index (χ0) is 23.5. The van der Waals surface area contributed by atoms with E-state index in [-0.39, 0.29) is 17.9 Å². The zero-order valence-corrected chi connectivity index (χ0v) is 20.8. The van der Waals surface area contributed by atoms with Crippen molar-refractivity contribution in [1.82, 2.24) is 5.32 Å². The van der Waals surface area contributed by atoms with Crippen molar-refractivity contribution in [2.24, 2.45) is 11.8 Å². The van der Waals surface area contributed by atoms with E-state index >= 15 is 0 Å². The number of ether oxygens (including phenoxy) is 1. The minimum atomic E-state index is -0.750. The molecule has 2 aliphatic carbocycles. The van der Waals surface area contributed by atoms with E-state index in [2.05, 4.69) is 28.1 Å². The first kappa shape index (κ1) is 23.3. The number of fused-ring (bicyclic) bond motifs is 1. The summed E-state index contributed by atoms with van der Waals surface area (Å²) in [4.78, 5) is 14.2. The number of hydrogen-bond acceptors (Lipinski definition) is 4. The van der Waals surface area contributed by atoms with Crippen LogP contribution in [0.4, 0.5) is 11.4 Å². The maximum Gasteiger partial charge on any atom is 0.228 e. The van der Waals surface area contributed by atoms with Gasteiger partial charge in [-0.1, -0.05) is 62.3 Å². The summed E-state index contributed by atoms with van der Waals surface area (Å²) < 4.78 is 5.49. The van der Waals surface area contributed by atoms with Gasteiger partial charge in [-0.05, 0) is 61.4 Å². The average Bonchev–Trinajstić information content (AvgIpc) is 3.25. The molecule has 2 saturated carbocycles. The number of anilines is 2. The normalized spacial score (nSPS) is 23.9. The summed E-state index contributed by atoms with van der Waals surface area (Å²) >= 11 is 6.28. The van der Waals surface area contributed by atoms with Gasteiger partial charge in [0.25, 0.3) is 0 Å². The van der Waals surface area contributed by atoms with Gasteiger partial charge in [0.05, 0.1) is 24.4 Å². The fourth-order valence-electron chi connectivity index (χ4n) is 6.28. The van der Waals surface area contributed by atoms with Crippen molar-refractivity contribution >= 4 is 28.9 Å². The molecule has 0 bridgehead atoms. The van der Waals surface area contributed by atoms with E-state index in [9.17, 15) is 4.79 Å². The topological polar surface area (TPSA) is 62.4 Å². The molecule has 2 aromatic carbocycles. The average molecular weight is 482 g/mol. The fraction of sp³-hybridized carbons (Fsp3) is 0.536. The number of rotatable bonds is 6. The molecule has 182 valence electrons. The lowest BCUT2D eigenvalue weighted by atomic mass is 9.71. The predicted octanol–water partition coefficient (Wildman–Crippen LogP) is 6.68. The summed E-state index contributed by atoms with van der Waals surface area (Å²) in [5.41, 5.74) is 2.23. The smallest absolute Gasteiger partial charge is 0.228 e. The fourth-order valence-corrected chi connectivity index (χ4v) is 6.41. The van der Waals surface area contributed by atoms with E-state index in [1.807, 2.05) is 30.3 Å². The second-order valence-electron chi connectivity index (χ2n) is 10.2. The van der Waals surface area contributed by atoms with Crippen LogP contribution in [0.15, 0.2) is 42.5 Å². The first-order valence-electron chi connectivity index (χ1n) is 12.9. The highest BCUT2D eigenvalue weighted by molar-refractivity contribution is 6.30. The van der Waals surface area contributed by atoms with Crippen molar-refractivity contribution in [2.75, 3.05) is 17.7 Å². The summed E-state index contributed by atoms with van der Waals surface area (Å²) in [6.45, 7) is 0. The molecule has 3 aliphatic rings. The molecule has 3 N–H and O–H groups in total. The van der Waals surface area contributed by atoms with Crippen molar-refractivity contribution in [3.63, 3.8) is 0 Å². The maximum absolute atomic E-state index is 14.2. The Balaban J connectivity index is 1.56. The van der Waals surface area contributed by atoms with E-state index in [1.165, 1.54) is 38.5 Å². The van der Waals surface area contributed by atoms with Gasteiger partial charge in [-0.2, -0.15) is 0 Å². The van der Waals surface area contributed by atoms with E-state index < -0.39 is 5.66 Å². The molecule has 5 nitrogen and oxygen atoms in total. The molecule has 0 spiro atoms. The van der Waals surface area contributed by atoms with Crippen LogP contribution in [0.3, 0.4) is 0 Å². The summed E-state index contributed by atoms with van der Waals surface area (Å²) in [5, 5.41) is 11.7. The standard InChI is InChI=1S/C28H36ClN3O2/c1-34-23-16-17-24-25(18-23)32-28(31-24,20-12-14-21(29)15-13-20)26(19-8-4-2-5-9-19)27(33)30-22-10-6-3-7-11-22/h12-19,22,26,31-32H,2-11H2,1H3,(H,30,33). The molecule has 2 fully saturated rings. The van der Waals surface area contributed by atoms with Gasteiger partial charge in [-0.3, -0.25) is 4.79 Å². The van der Waals surface area contributed by atoms with Gasteiger partial charge in [0.2, 0.25) is 5.91 Å². The highest BCUT2D eigenvalue weighted by atomic mass is 35.5. The second-order valence-corrected chi connectivity index (χ2v) is 10.6. The minimum absolute atomic E-state index is 0.161. The first-order chi connectivity index (χ1) is 16.6. The van der Waals surface area contributed by atoms with Crippen LogP contribution in [-0.4, -0.2) is 19.1 Å². The Bertz CT molecular complexity index is 999. The van der Waals surface area contributed by atoms with E-state index in [1.54, 1.807) is 7.11 Å². The first-order valence-corrected chi connectivity index (χ1v) is 13.3. The molecule has 6 heteroatoms. The molecule has 1 aliphatic heterocycles. The van der Waals surface area contributed by atoms with Gasteiger partial charge < -0.3 is 20.7 Å². The molecule has 1 heterocycles. The molecule has 34 heavy (non-hydrogen) atoms. The number of nitrogens with one attached hydrogen (secondary N) is 3. The van der Waals surface area contributed by atoms with E-state index in [4.69, 9.17) is 16.3 Å². The molecular formula is C28H36ClN3O2. The Morgan fingerprint density at radius 3 is 2.26 bits per heavy atom. The molecule has 2 unspecified atom stereocenters. The number of amides is 1. The highest BCUT2D eigenvalue weighted by Gasteiger charge is 2.52. The SMILES string of the molecule is COc1ccc2c(c1)NC(c1ccc(Cl)cc1)(C(C(=O)NC1CCCCC1)C1CCCCC1)N2. The lowest BCUT2D eigenvalue weighted by molar-refractivity contribution is -0.130. The van der Waals surface area contributed by atoms with Crippen LogP contribution in [0.2, 0.25) is 5.02 Å². The lowest BCUT2D eigenvalue weighted by Gasteiger charge is -2.44. The summed E-state index contributed by atoms with van der Waals surface area (Å²) in [5.74, 6) is 0.993. The number of carbonyl (C=O) groups excluding carboxylic acids is 1. The quantitative estimate of drug-likeness (QED) is 0.430. The van der Waals surface area contributed by atoms with E-state index in [0.29, 0.717) is 10.9 Å². The van der Waals surface area contributed by atoms with Crippen LogP contribution in [0.25, 0.3) is 0 Å². The maximum atomic E-state index is 14.2. The summed E-state index contributed by atoms with van der Waals surface area (Å²) in [6.07, 6.45) is 11.6. The van der Waals surface area contributed by atoms with Crippen molar-refractivity contribution < 1.29 is 9.53 Å². The molecule has 0 saturated heterocycles. The third-order valence-corrected chi connectivity index (χ3v) is 8.26. The zero-order valence-electron chi connectivity index (χ0n) is 20.0. The molecule has 5 rings (SSSR count). The monoisotopic (exact) mass is 481 g/mol. The molecule has 2 aromatic rings. The number of methoxy groups -OCH3 is 1. The van der Waals surface area contributed by atoms with Crippen LogP contribution in [0.1, 0.15) is 69.8 Å². The largest absolute Gasteiger partial charge is 0.497 e. The van der Waals surface area contributed by atoms with Gasteiger partial charge in [-0.25, -0.2) is 0 Å². The third kappa shape index (κ3) is 4.59. The van der Waals surface area contributed by atoms with Crippen LogP contribution in [0.5, 0.6) is 5.75 Å². The van der Waals surface area contributed by atoms with Gasteiger partial charge in [0, 0.05) is 17.1 Å². The van der Waals surface area contributed by atoms with Crippen molar-refractivity contribution in [2.45, 2.75) is 75.9 Å². The van der Waals surface area contributed by atoms with Crippen LogP contribution in [-0.2, 0) is 10.5 Å². The van der Waals surface area contributed by atoms with Crippen molar-refractivity contribution in [3.05, 3.63) is 53.1 Å². The summed E-state index contributed by atoms with van der Waals surface area (Å²) in [6, 6.07) is 14.2. The Labute approximate surface area is 208 Å². The Kier molecular flexibility index (Phi) is 6.91. The number of halogens is 1. The Morgan fingerprint density at radius 1 is 0.941 bits per heavy atom. The van der Waals surface area contributed by atoms with Crippen LogP contribution in [0, 0.1) is 11.8 Å². The van der Waals surface area contributed by atoms with Crippen molar-refractivity contribution in [3.8, 4) is 5.75 Å². The van der Waals surface area contributed by atoms with Gasteiger partial charge in [0.1, 0.15) is 11.4 Å². The molecule has 0 radical (unpaired) electrons.